The van der Waals surface area contributed by atoms with Gasteiger partial charge in [0.1, 0.15) is 0 Å². The highest BCUT2D eigenvalue weighted by atomic mass is 35.5. The fourth-order valence-corrected chi connectivity index (χ4v) is 3.32. The second-order valence-electron chi connectivity index (χ2n) is 6.47. The molecule has 0 amide bonds. The number of nitrogens with one attached hydrogen (secondary N) is 1. The summed E-state index contributed by atoms with van der Waals surface area (Å²) in [6.45, 7) is 7.33. The molecule has 2 aromatic rings. The van der Waals surface area contributed by atoms with Gasteiger partial charge in [-0.3, -0.25) is 4.90 Å². The van der Waals surface area contributed by atoms with Crippen molar-refractivity contribution < 1.29 is 4.42 Å². The molecule has 1 aromatic heterocycles. The molecule has 124 valence electrons. The van der Waals surface area contributed by atoms with Crippen LogP contribution in [0.4, 0.5) is 0 Å². The molecular weight excluding hydrogens is 310 g/mol. The van der Waals surface area contributed by atoms with Crippen molar-refractivity contribution in [2.75, 3.05) is 13.1 Å². The van der Waals surface area contributed by atoms with E-state index in [4.69, 9.17) is 16.0 Å². The number of benzene rings is 1. The standard InChI is InChI=1S/C18H24ClN3O/c1-13(2)21-14-7-9-22(10-8-14)12-18-20-11-17(23-18)15-5-3-4-6-16(15)19/h3-6,11,13-14,21H,7-10,12H2,1-2H3. The van der Waals surface area contributed by atoms with E-state index >= 15 is 0 Å². The molecule has 23 heavy (non-hydrogen) atoms. The number of oxazole rings is 1. The molecule has 1 aromatic carbocycles. The fraction of sp³-hybridized carbons (Fsp3) is 0.500. The number of aromatic nitrogens is 1. The third-order valence-corrected chi connectivity index (χ3v) is 4.54. The Balaban J connectivity index is 1.57. The zero-order chi connectivity index (χ0) is 16.2. The first-order valence-corrected chi connectivity index (χ1v) is 8.67. The lowest BCUT2D eigenvalue weighted by Gasteiger charge is -2.32. The molecule has 1 aliphatic rings. The minimum Gasteiger partial charge on any atom is -0.439 e. The molecule has 0 unspecified atom stereocenters. The Morgan fingerprint density at radius 2 is 2.04 bits per heavy atom. The van der Waals surface area contributed by atoms with Crippen LogP contribution < -0.4 is 5.32 Å². The molecule has 1 aliphatic heterocycles. The van der Waals surface area contributed by atoms with Crippen LogP contribution in [-0.4, -0.2) is 35.1 Å². The monoisotopic (exact) mass is 333 g/mol. The van der Waals surface area contributed by atoms with Gasteiger partial charge in [0.2, 0.25) is 5.89 Å². The molecule has 0 radical (unpaired) electrons. The molecule has 0 aliphatic carbocycles. The summed E-state index contributed by atoms with van der Waals surface area (Å²) in [5.74, 6) is 1.50. The zero-order valence-corrected chi connectivity index (χ0v) is 14.5. The van der Waals surface area contributed by atoms with Crippen molar-refractivity contribution in [3.8, 4) is 11.3 Å². The van der Waals surface area contributed by atoms with Crippen LogP contribution in [0.25, 0.3) is 11.3 Å². The summed E-state index contributed by atoms with van der Waals surface area (Å²) in [5.41, 5.74) is 0.896. The van der Waals surface area contributed by atoms with Crippen LogP contribution >= 0.6 is 11.6 Å². The van der Waals surface area contributed by atoms with E-state index in [2.05, 4.69) is 29.0 Å². The molecule has 0 saturated carbocycles. The van der Waals surface area contributed by atoms with Gasteiger partial charge in [0.25, 0.3) is 0 Å². The van der Waals surface area contributed by atoms with Crippen LogP contribution in [0, 0.1) is 0 Å². The molecule has 0 bridgehead atoms. The van der Waals surface area contributed by atoms with Crippen molar-refractivity contribution in [3.05, 3.63) is 41.4 Å². The van der Waals surface area contributed by atoms with Gasteiger partial charge in [-0.15, -0.1) is 0 Å². The number of rotatable bonds is 5. The van der Waals surface area contributed by atoms with Gasteiger partial charge in [-0.25, -0.2) is 4.98 Å². The van der Waals surface area contributed by atoms with Gasteiger partial charge in [0.15, 0.2) is 5.76 Å². The lowest BCUT2D eigenvalue weighted by Crippen LogP contribution is -2.44. The summed E-state index contributed by atoms with van der Waals surface area (Å²) in [7, 11) is 0. The maximum Gasteiger partial charge on any atom is 0.209 e. The summed E-state index contributed by atoms with van der Waals surface area (Å²) in [5, 5.41) is 4.31. The molecule has 3 rings (SSSR count). The average Bonchev–Trinajstić information content (AvgIpc) is 2.97. The highest BCUT2D eigenvalue weighted by Gasteiger charge is 2.21. The molecular formula is C18H24ClN3O. The average molecular weight is 334 g/mol. The summed E-state index contributed by atoms with van der Waals surface area (Å²) < 4.78 is 5.89. The zero-order valence-electron chi connectivity index (χ0n) is 13.8. The van der Waals surface area contributed by atoms with Crippen molar-refractivity contribution >= 4 is 11.6 Å². The van der Waals surface area contributed by atoms with E-state index in [1.165, 1.54) is 12.8 Å². The van der Waals surface area contributed by atoms with Crippen molar-refractivity contribution in [1.29, 1.82) is 0 Å². The third-order valence-electron chi connectivity index (χ3n) is 4.21. The van der Waals surface area contributed by atoms with Crippen LogP contribution in [0.1, 0.15) is 32.6 Å². The first-order valence-electron chi connectivity index (χ1n) is 8.30. The van der Waals surface area contributed by atoms with E-state index in [0.29, 0.717) is 17.1 Å². The minimum absolute atomic E-state index is 0.552. The van der Waals surface area contributed by atoms with Gasteiger partial charge >= 0.3 is 0 Å². The second kappa shape index (κ2) is 7.47. The maximum absolute atomic E-state index is 6.21. The molecule has 1 fully saturated rings. The molecule has 4 nitrogen and oxygen atoms in total. The Hall–Kier alpha value is -1.36. The Bertz CT molecular complexity index is 633. The Kier molecular flexibility index (Phi) is 5.36. The van der Waals surface area contributed by atoms with E-state index in [-0.39, 0.29) is 0 Å². The summed E-state index contributed by atoms with van der Waals surface area (Å²) in [4.78, 5) is 6.82. The highest BCUT2D eigenvalue weighted by molar-refractivity contribution is 6.33. The summed E-state index contributed by atoms with van der Waals surface area (Å²) in [6, 6.07) is 8.88. The smallest absolute Gasteiger partial charge is 0.209 e. The van der Waals surface area contributed by atoms with Gasteiger partial charge in [0.05, 0.1) is 17.8 Å². The van der Waals surface area contributed by atoms with Crippen molar-refractivity contribution in [2.45, 2.75) is 45.3 Å². The molecule has 0 atom stereocenters. The molecule has 1 saturated heterocycles. The van der Waals surface area contributed by atoms with Crippen molar-refractivity contribution in [2.24, 2.45) is 0 Å². The lowest BCUT2D eigenvalue weighted by molar-refractivity contribution is 0.173. The number of halogens is 1. The summed E-state index contributed by atoms with van der Waals surface area (Å²) >= 11 is 6.21. The van der Waals surface area contributed by atoms with Gasteiger partial charge in [0, 0.05) is 30.7 Å². The maximum atomic E-state index is 6.21. The topological polar surface area (TPSA) is 41.3 Å². The molecule has 2 heterocycles. The summed E-state index contributed by atoms with van der Waals surface area (Å²) in [6.07, 6.45) is 4.12. The van der Waals surface area contributed by atoms with Crippen molar-refractivity contribution in [3.63, 3.8) is 0 Å². The highest BCUT2D eigenvalue weighted by Crippen LogP contribution is 2.28. The van der Waals surface area contributed by atoms with E-state index in [1.54, 1.807) is 6.20 Å². The largest absolute Gasteiger partial charge is 0.439 e. The second-order valence-corrected chi connectivity index (χ2v) is 6.88. The van der Waals surface area contributed by atoms with E-state index in [9.17, 15) is 0 Å². The predicted molar refractivity (Wildman–Crippen MR) is 93.5 cm³/mol. The lowest BCUT2D eigenvalue weighted by atomic mass is 10.0. The number of likely N-dealkylation sites (tertiary alicyclic amines) is 1. The van der Waals surface area contributed by atoms with Gasteiger partial charge in [-0.2, -0.15) is 0 Å². The first kappa shape index (κ1) is 16.5. The number of hydrogen-bond donors (Lipinski definition) is 1. The van der Waals surface area contributed by atoms with Crippen molar-refractivity contribution in [1.82, 2.24) is 15.2 Å². The number of hydrogen-bond acceptors (Lipinski definition) is 4. The normalized spacial score (nSPS) is 17.0. The van der Waals surface area contributed by atoms with E-state index < -0.39 is 0 Å². The molecule has 1 N–H and O–H groups in total. The Morgan fingerprint density at radius 1 is 1.30 bits per heavy atom. The van der Waals surface area contributed by atoms with Crippen LogP contribution in [0.15, 0.2) is 34.9 Å². The van der Waals surface area contributed by atoms with Gasteiger partial charge < -0.3 is 9.73 Å². The van der Waals surface area contributed by atoms with E-state index in [1.807, 2.05) is 24.3 Å². The molecule has 0 spiro atoms. The van der Waals surface area contributed by atoms with Gasteiger partial charge in [-0.1, -0.05) is 37.6 Å². The predicted octanol–water partition coefficient (Wildman–Crippen LogP) is 3.96. The molecule has 5 heteroatoms. The van der Waals surface area contributed by atoms with Gasteiger partial charge in [-0.05, 0) is 25.0 Å². The van der Waals surface area contributed by atoms with E-state index in [0.717, 1.165) is 36.8 Å². The van der Waals surface area contributed by atoms with Crippen LogP contribution in [0.5, 0.6) is 0 Å². The third kappa shape index (κ3) is 4.34. The number of piperidine rings is 1. The van der Waals surface area contributed by atoms with Crippen LogP contribution in [-0.2, 0) is 6.54 Å². The van der Waals surface area contributed by atoms with Crippen LogP contribution in [0.3, 0.4) is 0 Å². The fourth-order valence-electron chi connectivity index (χ4n) is 3.09. The Labute approximate surface area is 142 Å². The number of nitrogens with zero attached hydrogens (tertiary/aromatic N) is 2. The quantitative estimate of drug-likeness (QED) is 0.899. The van der Waals surface area contributed by atoms with Crippen LogP contribution in [0.2, 0.25) is 5.02 Å². The SMILES string of the molecule is CC(C)NC1CCN(Cc2ncc(-c3ccccc3Cl)o2)CC1. The first-order chi connectivity index (χ1) is 11.1. The Morgan fingerprint density at radius 3 is 2.74 bits per heavy atom. The minimum atomic E-state index is 0.552.